The van der Waals surface area contributed by atoms with Crippen molar-refractivity contribution in [2.75, 3.05) is 6.54 Å². The highest BCUT2D eigenvalue weighted by Gasteiger charge is 2.33. The van der Waals surface area contributed by atoms with E-state index in [9.17, 15) is 18.0 Å². The topological polar surface area (TPSA) is 73.0 Å². The predicted molar refractivity (Wildman–Crippen MR) is 60.8 cm³/mol. The summed E-state index contributed by atoms with van der Waals surface area (Å²) in [5.41, 5.74) is -0.838. The van der Waals surface area contributed by atoms with Crippen LogP contribution in [0, 0.1) is 6.92 Å². The van der Waals surface area contributed by atoms with E-state index in [0.29, 0.717) is 5.76 Å². The molecule has 2 aromatic rings. The molecule has 0 bridgehead atoms. The molecule has 0 aliphatic carbocycles. The number of aryl methyl sites for hydroxylation is 1. The number of halogens is 3. The molecule has 0 saturated heterocycles. The van der Waals surface area contributed by atoms with Crippen molar-refractivity contribution in [2.24, 2.45) is 0 Å². The van der Waals surface area contributed by atoms with Gasteiger partial charge in [0.25, 0.3) is 5.91 Å². The van der Waals surface area contributed by atoms with Gasteiger partial charge in [-0.1, -0.05) is 5.16 Å². The number of hydrogen-bond donors (Lipinski definition) is 1. The van der Waals surface area contributed by atoms with Gasteiger partial charge in [0.15, 0.2) is 11.4 Å². The summed E-state index contributed by atoms with van der Waals surface area (Å²) < 4.78 is 42.8. The first kappa shape index (κ1) is 14.1. The Labute approximate surface area is 111 Å². The van der Waals surface area contributed by atoms with E-state index in [-0.39, 0.29) is 18.8 Å². The van der Waals surface area contributed by atoms with Gasteiger partial charge in [-0.25, -0.2) is 0 Å². The molecule has 1 amide bonds. The van der Waals surface area contributed by atoms with E-state index < -0.39 is 17.8 Å². The highest BCUT2D eigenvalue weighted by molar-refractivity contribution is 5.92. The number of alkyl halides is 3. The summed E-state index contributed by atoms with van der Waals surface area (Å²) in [5.74, 6) is 0.0436. The van der Waals surface area contributed by atoms with Crippen LogP contribution in [0.2, 0.25) is 0 Å². The molecule has 0 aliphatic heterocycles. The van der Waals surface area contributed by atoms with E-state index in [4.69, 9.17) is 4.52 Å². The van der Waals surface area contributed by atoms with Crippen LogP contribution in [0.4, 0.5) is 13.2 Å². The van der Waals surface area contributed by atoms with Gasteiger partial charge in [-0.05, 0) is 13.0 Å². The van der Waals surface area contributed by atoms with Crippen molar-refractivity contribution in [3.8, 4) is 0 Å². The lowest BCUT2D eigenvalue weighted by Crippen LogP contribution is -2.27. The highest BCUT2D eigenvalue weighted by atomic mass is 19.4. The van der Waals surface area contributed by atoms with Crippen LogP contribution in [-0.2, 0) is 12.7 Å². The van der Waals surface area contributed by atoms with Crippen LogP contribution in [0.15, 0.2) is 22.9 Å². The Hall–Kier alpha value is -2.32. The minimum Gasteiger partial charge on any atom is -0.361 e. The normalized spacial score (nSPS) is 11.6. The van der Waals surface area contributed by atoms with Crippen LogP contribution < -0.4 is 5.32 Å². The Morgan fingerprint density at radius 1 is 1.50 bits per heavy atom. The summed E-state index contributed by atoms with van der Waals surface area (Å²) in [6, 6.07) is 2.34. The summed E-state index contributed by atoms with van der Waals surface area (Å²) in [7, 11) is 0. The van der Waals surface area contributed by atoms with Crippen molar-refractivity contribution in [3.63, 3.8) is 0 Å². The van der Waals surface area contributed by atoms with Crippen LogP contribution in [0.3, 0.4) is 0 Å². The molecule has 9 heteroatoms. The molecule has 0 radical (unpaired) electrons. The van der Waals surface area contributed by atoms with Crippen molar-refractivity contribution in [1.82, 2.24) is 20.3 Å². The second kappa shape index (κ2) is 5.35. The van der Waals surface area contributed by atoms with Gasteiger partial charge < -0.3 is 9.84 Å². The van der Waals surface area contributed by atoms with E-state index in [0.717, 1.165) is 10.7 Å². The number of hydrogen-bond acceptors (Lipinski definition) is 4. The molecule has 2 aromatic heterocycles. The lowest BCUT2D eigenvalue weighted by atomic mass is 10.3. The Bertz CT molecular complexity index is 603. The summed E-state index contributed by atoms with van der Waals surface area (Å²) >= 11 is 0. The molecule has 0 saturated carbocycles. The first-order valence-corrected chi connectivity index (χ1v) is 5.68. The first-order valence-electron chi connectivity index (χ1n) is 5.68. The number of amides is 1. The molecule has 0 atom stereocenters. The average molecular weight is 288 g/mol. The van der Waals surface area contributed by atoms with E-state index in [1.807, 2.05) is 0 Å². The Kier molecular flexibility index (Phi) is 3.77. The van der Waals surface area contributed by atoms with Crippen molar-refractivity contribution in [1.29, 1.82) is 0 Å². The van der Waals surface area contributed by atoms with Gasteiger partial charge in [-0.2, -0.15) is 18.3 Å². The van der Waals surface area contributed by atoms with Crippen LogP contribution in [-0.4, -0.2) is 27.4 Å². The monoisotopic (exact) mass is 288 g/mol. The quantitative estimate of drug-likeness (QED) is 0.928. The number of nitrogens with one attached hydrogen (secondary N) is 1. The van der Waals surface area contributed by atoms with E-state index >= 15 is 0 Å². The summed E-state index contributed by atoms with van der Waals surface area (Å²) in [6.45, 7) is 1.90. The lowest BCUT2D eigenvalue weighted by molar-refractivity contribution is -0.141. The molecule has 2 heterocycles. The number of carbonyl (C=O) groups is 1. The molecule has 0 unspecified atom stereocenters. The molecular formula is C11H11F3N4O2. The minimum atomic E-state index is -4.47. The van der Waals surface area contributed by atoms with Crippen LogP contribution in [0.25, 0.3) is 0 Å². The number of carbonyl (C=O) groups excluding carboxylic acids is 1. The zero-order valence-electron chi connectivity index (χ0n) is 10.4. The van der Waals surface area contributed by atoms with Crippen molar-refractivity contribution >= 4 is 5.91 Å². The van der Waals surface area contributed by atoms with Gasteiger partial charge >= 0.3 is 6.18 Å². The second-order valence-corrected chi connectivity index (χ2v) is 4.04. The van der Waals surface area contributed by atoms with Gasteiger partial charge in [0, 0.05) is 18.8 Å². The standard InChI is InChI=1S/C11H11F3N4O2/c1-7-6-8(17-20-7)10(19)15-3-5-18-4-2-9(16-18)11(12,13)14/h2,4,6H,3,5H2,1H3,(H,15,19). The van der Waals surface area contributed by atoms with Crippen molar-refractivity contribution in [3.05, 3.63) is 35.5 Å². The third-order valence-corrected chi connectivity index (χ3v) is 2.42. The van der Waals surface area contributed by atoms with Crippen LogP contribution in [0.1, 0.15) is 21.9 Å². The summed E-state index contributed by atoms with van der Waals surface area (Å²) in [6.07, 6.45) is -3.26. The zero-order valence-corrected chi connectivity index (χ0v) is 10.4. The molecule has 20 heavy (non-hydrogen) atoms. The van der Waals surface area contributed by atoms with E-state index in [1.165, 1.54) is 12.3 Å². The van der Waals surface area contributed by atoms with Gasteiger partial charge in [0.05, 0.1) is 6.54 Å². The fraction of sp³-hybridized carbons (Fsp3) is 0.364. The molecule has 0 aliphatic rings. The molecule has 1 N–H and O–H groups in total. The fourth-order valence-electron chi connectivity index (χ4n) is 1.49. The van der Waals surface area contributed by atoms with Gasteiger partial charge in [-0.3, -0.25) is 9.48 Å². The summed E-state index contributed by atoms with van der Waals surface area (Å²) in [5, 5.41) is 9.39. The maximum atomic E-state index is 12.3. The predicted octanol–water partition coefficient (Wildman–Crippen LogP) is 1.63. The number of nitrogens with zero attached hydrogens (tertiary/aromatic N) is 3. The van der Waals surface area contributed by atoms with Crippen molar-refractivity contribution in [2.45, 2.75) is 19.6 Å². The smallest absolute Gasteiger partial charge is 0.361 e. The Balaban J connectivity index is 1.84. The Morgan fingerprint density at radius 2 is 2.25 bits per heavy atom. The minimum absolute atomic E-state index is 0.124. The average Bonchev–Trinajstić information content (AvgIpc) is 2.97. The van der Waals surface area contributed by atoms with Gasteiger partial charge in [0.1, 0.15) is 5.76 Å². The SMILES string of the molecule is Cc1cc(C(=O)NCCn2ccc(C(F)(F)F)n2)no1. The number of rotatable bonds is 4. The lowest BCUT2D eigenvalue weighted by Gasteiger charge is -2.04. The molecule has 6 nitrogen and oxygen atoms in total. The third-order valence-electron chi connectivity index (χ3n) is 2.42. The third kappa shape index (κ3) is 3.37. The molecule has 0 fully saturated rings. The largest absolute Gasteiger partial charge is 0.435 e. The fourth-order valence-corrected chi connectivity index (χ4v) is 1.49. The zero-order chi connectivity index (χ0) is 14.8. The molecule has 0 spiro atoms. The first-order chi connectivity index (χ1) is 9.36. The van der Waals surface area contributed by atoms with Gasteiger partial charge in [-0.15, -0.1) is 0 Å². The highest BCUT2D eigenvalue weighted by Crippen LogP contribution is 2.27. The summed E-state index contributed by atoms with van der Waals surface area (Å²) in [4.78, 5) is 11.6. The molecule has 2 rings (SSSR count). The van der Waals surface area contributed by atoms with Gasteiger partial charge in [0.2, 0.25) is 0 Å². The van der Waals surface area contributed by atoms with Crippen LogP contribution >= 0.6 is 0 Å². The van der Waals surface area contributed by atoms with E-state index in [2.05, 4.69) is 15.6 Å². The van der Waals surface area contributed by atoms with Crippen LogP contribution in [0.5, 0.6) is 0 Å². The van der Waals surface area contributed by atoms with E-state index in [1.54, 1.807) is 6.92 Å². The molecular weight excluding hydrogens is 277 g/mol. The second-order valence-electron chi connectivity index (χ2n) is 4.04. The molecule has 108 valence electrons. The Morgan fingerprint density at radius 3 is 2.80 bits per heavy atom. The maximum absolute atomic E-state index is 12.3. The molecule has 0 aromatic carbocycles. The maximum Gasteiger partial charge on any atom is 0.435 e. The van der Waals surface area contributed by atoms with Crippen molar-refractivity contribution < 1.29 is 22.5 Å². The number of aromatic nitrogens is 3.